The third-order valence-corrected chi connectivity index (χ3v) is 2.40. The van der Waals surface area contributed by atoms with E-state index >= 15 is 0 Å². The van der Waals surface area contributed by atoms with E-state index in [0.717, 1.165) is 11.4 Å². The van der Waals surface area contributed by atoms with Gasteiger partial charge in [-0.05, 0) is 6.42 Å². The van der Waals surface area contributed by atoms with E-state index < -0.39 is 17.9 Å². The zero-order chi connectivity index (χ0) is 12.8. The molecule has 0 saturated carbocycles. The topological polar surface area (TPSA) is 87.7 Å². The summed E-state index contributed by atoms with van der Waals surface area (Å²) in [4.78, 5) is 34.3. The number of esters is 1. The first-order valence-electron chi connectivity index (χ1n) is 5.51. The van der Waals surface area contributed by atoms with E-state index in [4.69, 9.17) is 0 Å². The second-order valence-electron chi connectivity index (χ2n) is 3.80. The van der Waals surface area contributed by atoms with Crippen LogP contribution in [0.4, 0.5) is 4.79 Å². The van der Waals surface area contributed by atoms with Crippen LogP contribution in [-0.2, 0) is 14.3 Å². The predicted octanol–water partition coefficient (Wildman–Crippen LogP) is -0.368. The number of hydrogen-bond acceptors (Lipinski definition) is 4. The normalized spacial score (nSPS) is 19.5. The number of carbonyl (C=O) groups is 3. The molecule has 1 saturated heterocycles. The summed E-state index contributed by atoms with van der Waals surface area (Å²) in [6, 6.07) is -0.409. The van der Waals surface area contributed by atoms with E-state index in [0.29, 0.717) is 6.54 Å². The minimum atomic E-state index is -0.596. The lowest BCUT2D eigenvalue weighted by atomic mass is 10.0. The summed E-state index contributed by atoms with van der Waals surface area (Å²) in [5.41, 5.74) is 2.41. The summed E-state index contributed by atoms with van der Waals surface area (Å²) < 4.78 is 4.57. The van der Waals surface area contributed by atoms with Crippen LogP contribution in [0.15, 0.2) is 0 Å². The van der Waals surface area contributed by atoms with Crippen molar-refractivity contribution in [1.82, 2.24) is 15.8 Å². The molecule has 0 aromatic carbocycles. The van der Waals surface area contributed by atoms with Crippen molar-refractivity contribution in [2.45, 2.75) is 19.8 Å². The first kappa shape index (κ1) is 13.3. The minimum absolute atomic E-state index is 0.0459. The molecular formula is C10H17N3O4. The molecule has 3 amide bonds. The molecule has 1 atom stereocenters. The standard InChI is InChI=1S/C10H17N3O4/c1-3-4-11-10(16)13-6-7(9(15)17-2)5-8(14)12-13/h7H,3-6H2,1-2H3,(H,11,16)(H,12,14). The number of ether oxygens (including phenoxy) is 1. The summed E-state index contributed by atoms with van der Waals surface area (Å²) in [5, 5.41) is 3.73. The highest BCUT2D eigenvalue weighted by Gasteiger charge is 2.33. The third-order valence-electron chi connectivity index (χ3n) is 2.40. The molecule has 0 bridgehead atoms. The third kappa shape index (κ3) is 3.61. The Morgan fingerprint density at radius 1 is 1.59 bits per heavy atom. The molecule has 1 heterocycles. The number of hydrogen-bond donors (Lipinski definition) is 2. The Hall–Kier alpha value is -1.79. The molecular weight excluding hydrogens is 226 g/mol. The Bertz CT molecular complexity index is 319. The van der Waals surface area contributed by atoms with Gasteiger partial charge in [-0.3, -0.25) is 15.0 Å². The van der Waals surface area contributed by atoms with Gasteiger partial charge in [-0.25, -0.2) is 9.80 Å². The molecule has 2 N–H and O–H groups in total. The van der Waals surface area contributed by atoms with Crippen molar-refractivity contribution < 1.29 is 19.1 Å². The average Bonchev–Trinajstić information content (AvgIpc) is 2.34. The lowest BCUT2D eigenvalue weighted by Gasteiger charge is -2.31. The summed E-state index contributed by atoms with van der Waals surface area (Å²) in [6.45, 7) is 2.58. The van der Waals surface area contributed by atoms with E-state index in [1.165, 1.54) is 7.11 Å². The van der Waals surface area contributed by atoms with Crippen molar-refractivity contribution in [3.63, 3.8) is 0 Å². The SMILES string of the molecule is CCCNC(=O)N1CC(C(=O)OC)CC(=O)N1. The maximum atomic E-state index is 11.6. The number of methoxy groups -OCH3 is 1. The average molecular weight is 243 g/mol. The highest BCUT2D eigenvalue weighted by molar-refractivity contribution is 5.87. The van der Waals surface area contributed by atoms with Crippen molar-refractivity contribution in [2.24, 2.45) is 5.92 Å². The molecule has 7 heteroatoms. The Morgan fingerprint density at radius 3 is 2.88 bits per heavy atom. The molecule has 1 rings (SSSR count). The molecule has 0 spiro atoms. The fourth-order valence-corrected chi connectivity index (χ4v) is 1.54. The smallest absolute Gasteiger partial charge is 0.336 e. The molecule has 7 nitrogen and oxygen atoms in total. The molecule has 96 valence electrons. The van der Waals surface area contributed by atoms with Crippen LogP contribution in [0.5, 0.6) is 0 Å². The van der Waals surface area contributed by atoms with Gasteiger partial charge in [-0.1, -0.05) is 6.92 Å². The van der Waals surface area contributed by atoms with Crippen molar-refractivity contribution in [3.05, 3.63) is 0 Å². The van der Waals surface area contributed by atoms with Gasteiger partial charge in [0.15, 0.2) is 0 Å². The number of rotatable bonds is 3. The second kappa shape index (κ2) is 6.07. The van der Waals surface area contributed by atoms with Gasteiger partial charge in [0.25, 0.3) is 0 Å². The van der Waals surface area contributed by atoms with Gasteiger partial charge in [-0.15, -0.1) is 0 Å². The van der Waals surface area contributed by atoms with Gasteiger partial charge in [0.1, 0.15) is 0 Å². The second-order valence-corrected chi connectivity index (χ2v) is 3.80. The minimum Gasteiger partial charge on any atom is -0.469 e. The Balaban J connectivity index is 2.58. The van der Waals surface area contributed by atoms with Crippen molar-refractivity contribution >= 4 is 17.9 Å². The summed E-state index contributed by atoms with van der Waals surface area (Å²) in [7, 11) is 1.26. The summed E-state index contributed by atoms with van der Waals surface area (Å²) in [6.07, 6.45) is 0.845. The number of amides is 3. The Kier molecular flexibility index (Phi) is 4.74. The van der Waals surface area contributed by atoms with Crippen molar-refractivity contribution in [3.8, 4) is 0 Å². The maximum Gasteiger partial charge on any atom is 0.336 e. The Labute approximate surface area is 99.4 Å². The Morgan fingerprint density at radius 2 is 2.29 bits per heavy atom. The highest BCUT2D eigenvalue weighted by atomic mass is 16.5. The number of carbonyl (C=O) groups excluding carboxylic acids is 3. The van der Waals surface area contributed by atoms with E-state index in [1.54, 1.807) is 0 Å². The monoisotopic (exact) mass is 243 g/mol. The number of nitrogens with zero attached hydrogens (tertiary/aromatic N) is 1. The van der Waals surface area contributed by atoms with Crippen LogP contribution in [0.2, 0.25) is 0 Å². The van der Waals surface area contributed by atoms with Crippen LogP contribution in [0.1, 0.15) is 19.8 Å². The van der Waals surface area contributed by atoms with Gasteiger partial charge in [0, 0.05) is 13.0 Å². The van der Waals surface area contributed by atoms with Crippen LogP contribution in [-0.4, -0.2) is 43.1 Å². The van der Waals surface area contributed by atoms with Gasteiger partial charge < -0.3 is 10.1 Å². The van der Waals surface area contributed by atoms with Crippen LogP contribution in [0, 0.1) is 5.92 Å². The molecule has 0 aromatic heterocycles. The first-order valence-corrected chi connectivity index (χ1v) is 5.51. The molecule has 1 aliphatic rings. The van der Waals surface area contributed by atoms with E-state index in [2.05, 4.69) is 15.5 Å². The molecule has 1 fully saturated rings. The van der Waals surface area contributed by atoms with Crippen LogP contribution < -0.4 is 10.7 Å². The zero-order valence-electron chi connectivity index (χ0n) is 9.99. The van der Waals surface area contributed by atoms with Gasteiger partial charge in [0.2, 0.25) is 5.91 Å². The summed E-state index contributed by atoms with van der Waals surface area (Å²) >= 11 is 0. The molecule has 1 unspecified atom stereocenters. The maximum absolute atomic E-state index is 11.6. The van der Waals surface area contributed by atoms with Crippen LogP contribution in [0.25, 0.3) is 0 Å². The predicted molar refractivity (Wildman–Crippen MR) is 58.7 cm³/mol. The first-order chi connectivity index (χ1) is 8.08. The molecule has 17 heavy (non-hydrogen) atoms. The van der Waals surface area contributed by atoms with Crippen molar-refractivity contribution in [1.29, 1.82) is 0 Å². The molecule has 0 aliphatic carbocycles. The molecule has 1 aliphatic heterocycles. The quantitative estimate of drug-likeness (QED) is 0.662. The molecule has 0 aromatic rings. The zero-order valence-corrected chi connectivity index (χ0v) is 9.99. The van der Waals surface area contributed by atoms with Gasteiger partial charge in [-0.2, -0.15) is 0 Å². The molecule has 0 radical (unpaired) electrons. The highest BCUT2D eigenvalue weighted by Crippen LogP contribution is 2.12. The lowest BCUT2D eigenvalue weighted by molar-refractivity contribution is -0.151. The van der Waals surface area contributed by atoms with Crippen LogP contribution >= 0.6 is 0 Å². The van der Waals surface area contributed by atoms with E-state index in [-0.39, 0.29) is 18.9 Å². The largest absolute Gasteiger partial charge is 0.469 e. The fraction of sp³-hybridized carbons (Fsp3) is 0.700. The lowest BCUT2D eigenvalue weighted by Crippen LogP contribution is -2.57. The van der Waals surface area contributed by atoms with E-state index in [9.17, 15) is 14.4 Å². The van der Waals surface area contributed by atoms with E-state index in [1.807, 2.05) is 6.92 Å². The van der Waals surface area contributed by atoms with Gasteiger partial charge in [0.05, 0.1) is 19.6 Å². The number of nitrogens with one attached hydrogen (secondary N) is 2. The summed E-state index contributed by atoms with van der Waals surface area (Å²) in [5.74, 6) is -1.44. The van der Waals surface area contributed by atoms with Gasteiger partial charge >= 0.3 is 12.0 Å². The van der Waals surface area contributed by atoms with Crippen molar-refractivity contribution in [2.75, 3.05) is 20.2 Å². The number of urea groups is 1. The number of hydrazine groups is 1. The fourth-order valence-electron chi connectivity index (χ4n) is 1.54. The van der Waals surface area contributed by atoms with Crippen LogP contribution in [0.3, 0.4) is 0 Å².